The van der Waals surface area contributed by atoms with Crippen molar-refractivity contribution in [1.82, 2.24) is 9.78 Å². The number of Topliss-reactive ketones (excluding diaryl/α,β-unsaturated/α-hetero) is 1. The van der Waals surface area contributed by atoms with Crippen LogP contribution in [0.1, 0.15) is 16.1 Å². The van der Waals surface area contributed by atoms with Crippen molar-refractivity contribution in [3.63, 3.8) is 0 Å². The van der Waals surface area contributed by atoms with Crippen molar-refractivity contribution in [3.8, 4) is 0 Å². The Morgan fingerprint density at radius 3 is 2.52 bits per heavy atom. The van der Waals surface area contributed by atoms with Gasteiger partial charge in [-0.2, -0.15) is 5.10 Å². The quantitative estimate of drug-likeness (QED) is 0.693. The molecule has 5 heteroatoms. The van der Waals surface area contributed by atoms with Gasteiger partial charge in [0, 0.05) is 24.9 Å². The first kappa shape index (κ1) is 13.4. The fraction of sp³-hybridized carbons (Fsp3) is 0.125. The molecule has 0 saturated carbocycles. The average Bonchev–Trinajstić information content (AvgIpc) is 2.76. The number of aryl methyl sites for hydroxylation is 1. The second-order valence-corrected chi connectivity index (χ2v) is 4.87. The molecule has 0 unspecified atom stereocenters. The maximum Gasteiger partial charge on any atom is 0.188 e. The summed E-state index contributed by atoms with van der Waals surface area (Å²) < 4.78 is 28.0. The highest BCUT2D eigenvalue weighted by Crippen LogP contribution is 2.19. The summed E-state index contributed by atoms with van der Waals surface area (Å²) in [5.41, 5.74) is 1.45. The molecule has 3 nitrogen and oxygen atoms in total. The Hall–Kier alpha value is -2.56. The first-order valence-electron chi connectivity index (χ1n) is 6.44. The first-order chi connectivity index (χ1) is 10.0. The molecule has 1 heterocycles. The van der Waals surface area contributed by atoms with Crippen LogP contribution in [-0.2, 0) is 13.5 Å². The lowest BCUT2D eigenvalue weighted by molar-refractivity contribution is 0.0989. The summed E-state index contributed by atoms with van der Waals surface area (Å²) in [4.78, 5) is 12.3. The number of carbonyl (C=O) groups excluding carboxylic acids is 1. The smallest absolute Gasteiger partial charge is 0.188 e. The Morgan fingerprint density at radius 2 is 1.81 bits per heavy atom. The molecule has 0 fully saturated rings. The van der Waals surface area contributed by atoms with Crippen LogP contribution in [0.5, 0.6) is 0 Å². The maximum absolute atomic E-state index is 13.2. The maximum atomic E-state index is 13.2. The Morgan fingerprint density at radius 1 is 1.14 bits per heavy atom. The van der Waals surface area contributed by atoms with E-state index in [0.29, 0.717) is 11.3 Å². The molecule has 0 atom stereocenters. The second-order valence-electron chi connectivity index (χ2n) is 4.87. The number of rotatable bonds is 3. The van der Waals surface area contributed by atoms with Crippen LogP contribution in [0.2, 0.25) is 0 Å². The van der Waals surface area contributed by atoms with E-state index >= 15 is 0 Å². The standard InChI is InChI=1S/C16H12F2N2O/c1-20-14-5-3-2-4-13(14)16(19-20)15(21)8-10-6-11(17)9-12(18)7-10/h2-7,9H,8H2,1H3. The van der Waals surface area contributed by atoms with Gasteiger partial charge in [-0.15, -0.1) is 0 Å². The molecule has 0 aliphatic heterocycles. The van der Waals surface area contributed by atoms with Gasteiger partial charge in [0.1, 0.15) is 17.3 Å². The molecule has 0 bridgehead atoms. The molecule has 0 N–H and O–H groups in total. The molecule has 0 amide bonds. The van der Waals surface area contributed by atoms with Crippen LogP contribution in [0.3, 0.4) is 0 Å². The third-order valence-corrected chi connectivity index (χ3v) is 3.31. The first-order valence-corrected chi connectivity index (χ1v) is 6.44. The van der Waals surface area contributed by atoms with Crippen LogP contribution in [0, 0.1) is 11.6 Å². The molecular formula is C16H12F2N2O. The number of halogens is 2. The number of benzene rings is 2. The molecule has 0 radical (unpaired) electrons. The molecular weight excluding hydrogens is 274 g/mol. The van der Waals surface area contributed by atoms with E-state index in [-0.39, 0.29) is 12.2 Å². The van der Waals surface area contributed by atoms with Crippen molar-refractivity contribution in [1.29, 1.82) is 0 Å². The number of aromatic nitrogens is 2. The molecule has 3 rings (SSSR count). The van der Waals surface area contributed by atoms with Gasteiger partial charge in [0.2, 0.25) is 0 Å². The zero-order chi connectivity index (χ0) is 15.0. The van der Waals surface area contributed by atoms with Crippen molar-refractivity contribution < 1.29 is 13.6 Å². The van der Waals surface area contributed by atoms with Gasteiger partial charge in [-0.25, -0.2) is 8.78 Å². The van der Waals surface area contributed by atoms with E-state index in [4.69, 9.17) is 0 Å². The van der Waals surface area contributed by atoms with Gasteiger partial charge >= 0.3 is 0 Å². The number of nitrogens with zero attached hydrogens (tertiary/aromatic N) is 2. The fourth-order valence-electron chi connectivity index (χ4n) is 2.40. The number of para-hydroxylation sites is 1. The summed E-state index contributed by atoms with van der Waals surface area (Å²) in [6, 6.07) is 10.5. The van der Waals surface area contributed by atoms with Crippen LogP contribution in [0.15, 0.2) is 42.5 Å². The minimum absolute atomic E-state index is 0.0876. The number of ketones is 1. The van der Waals surface area contributed by atoms with Gasteiger partial charge in [0.15, 0.2) is 5.78 Å². The SMILES string of the molecule is Cn1nc(C(=O)Cc2cc(F)cc(F)c2)c2ccccc21. The van der Waals surface area contributed by atoms with Crippen LogP contribution < -0.4 is 0 Å². The van der Waals surface area contributed by atoms with Crippen molar-refractivity contribution in [2.75, 3.05) is 0 Å². The molecule has 1 aromatic heterocycles. The molecule has 106 valence electrons. The average molecular weight is 286 g/mol. The number of fused-ring (bicyclic) bond motifs is 1. The molecule has 0 saturated heterocycles. The predicted octanol–water partition coefficient (Wildman–Crippen LogP) is 3.28. The van der Waals surface area contributed by atoms with Crippen LogP contribution in [0.4, 0.5) is 8.78 Å². The van der Waals surface area contributed by atoms with Crippen molar-refractivity contribution >= 4 is 16.7 Å². The third-order valence-electron chi connectivity index (χ3n) is 3.31. The lowest BCUT2D eigenvalue weighted by atomic mass is 10.0. The summed E-state index contributed by atoms with van der Waals surface area (Å²) in [5, 5.41) is 4.95. The van der Waals surface area contributed by atoms with Gasteiger partial charge < -0.3 is 0 Å². The molecule has 0 spiro atoms. The Labute approximate surface area is 119 Å². The number of hydrogen-bond donors (Lipinski definition) is 0. The second kappa shape index (κ2) is 5.09. The topological polar surface area (TPSA) is 34.9 Å². The normalized spacial score (nSPS) is 11.0. The Balaban J connectivity index is 1.97. The van der Waals surface area contributed by atoms with Crippen LogP contribution >= 0.6 is 0 Å². The molecule has 3 aromatic rings. The van der Waals surface area contributed by atoms with Gasteiger partial charge in [-0.05, 0) is 23.8 Å². The van der Waals surface area contributed by atoms with E-state index in [9.17, 15) is 13.6 Å². The zero-order valence-electron chi connectivity index (χ0n) is 11.3. The Kier molecular flexibility index (Phi) is 3.25. The summed E-state index contributed by atoms with van der Waals surface area (Å²) in [6.45, 7) is 0. The summed E-state index contributed by atoms with van der Waals surface area (Å²) in [7, 11) is 1.75. The summed E-state index contributed by atoms with van der Waals surface area (Å²) >= 11 is 0. The van der Waals surface area contributed by atoms with Gasteiger partial charge in [-0.3, -0.25) is 9.48 Å². The molecule has 2 aromatic carbocycles. The zero-order valence-corrected chi connectivity index (χ0v) is 11.3. The van der Waals surface area contributed by atoms with Gasteiger partial charge in [-0.1, -0.05) is 18.2 Å². The van der Waals surface area contributed by atoms with Crippen LogP contribution in [-0.4, -0.2) is 15.6 Å². The van der Waals surface area contributed by atoms with Crippen molar-refractivity contribution in [2.45, 2.75) is 6.42 Å². The highest BCUT2D eigenvalue weighted by Gasteiger charge is 2.16. The third kappa shape index (κ3) is 2.54. The minimum Gasteiger partial charge on any atom is -0.292 e. The number of hydrogen-bond acceptors (Lipinski definition) is 2. The molecule has 21 heavy (non-hydrogen) atoms. The summed E-state index contributed by atoms with van der Waals surface area (Å²) in [5.74, 6) is -1.65. The van der Waals surface area contributed by atoms with Crippen molar-refractivity contribution in [2.24, 2.45) is 7.05 Å². The van der Waals surface area contributed by atoms with Gasteiger partial charge in [0.25, 0.3) is 0 Å². The van der Waals surface area contributed by atoms with E-state index in [2.05, 4.69) is 5.10 Å². The lowest BCUT2D eigenvalue weighted by Gasteiger charge is -2.00. The lowest BCUT2D eigenvalue weighted by Crippen LogP contribution is -2.06. The van der Waals surface area contributed by atoms with Crippen molar-refractivity contribution in [3.05, 3.63) is 65.4 Å². The van der Waals surface area contributed by atoms with E-state index in [1.165, 1.54) is 0 Å². The van der Waals surface area contributed by atoms with E-state index in [1.807, 2.05) is 24.3 Å². The van der Waals surface area contributed by atoms with E-state index < -0.39 is 11.6 Å². The largest absolute Gasteiger partial charge is 0.292 e. The minimum atomic E-state index is -0.691. The van der Waals surface area contributed by atoms with Crippen LogP contribution in [0.25, 0.3) is 10.9 Å². The molecule has 0 aliphatic carbocycles. The predicted molar refractivity (Wildman–Crippen MR) is 75.1 cm³/mol. The summed E-state index contributed by atoms with van der Waals surface area (Å²) in [6.07, 6.45) is -0.0876. The fourth-order valence-corrected chi connectivity index (χ4v) is 2.40. The Bertz CT molecular complexity index is 819. The highest BCUT2D eigenvalue weighted by molar-refractivity contribution is 6.06. The highest BCUT2D eigenvalue weighted by atomic mass is 19.1. The van der Waals surface area contributed by atoms with E-state index in [0.717, 1.165) is 29.1 Å². The molecule has 0 aliphatic rings. The number of carbonyl (C=O) groups is 1. The van der Waals surface area contributed by atoms with E-state index in [1.54, 1.807) is 11.7 Å². The monoisotopic (exact) mass is 286 g/mol. The van der Waals surface area contributed by atoms with Gasteiger partial charge in [0.05, 0.1) is 5.52 Å².